The number of hydrogen-bond acceptors (Lipinski definition) is 5. The molecular weight excluding hydrogens is 403 g/mol. The number of aromatic amines is 1. The summed E-state index contributed by atoms with van der Waals surface area (Å²) in [4.78, 5) is 27.8. The molecule has 0 atom stereocenters. The van der Waals surface area contributed by atoms with E-state index in [0.717, 1.165) is 37.7 Å². The topological polar surface area (TPSA) is 97.5 Å². The Bertz CT molecular complexity index is 1090. The second-order valence-corrected chi connectivity index (χ2v) is 8.57. The number of H-pyrrole nitrogens is 1. The summed E-state index contributed by atoms with van der Waals surface area (Å²) in [6, 6.07) is 0. The molecule has 0 aliphatic carbocycles. The number of rotatable bonds is 1. The Hall–Kier alpha value is -3.17. The van der Waals surface area contributed by atoms with Gasteiger partial charge in [0.05, 0.1) is 24.3 Å². The smallest absolute Gasteiger partial charge is 0.410 e. The van der Waals surface area contributed by atoms with E-state index in [-0.39, 0.29) is 17.2 Å². The van der Waals surface area contributed by atoms with Gasteiger partial charge in [-0.1, -0.05) is 12.8 Å². The van der Waals surface area contributed by atoms with Crippen molar-refractivity contribution in [2.75, 3.05) is 13.1 Å². The number of aryl methyl sites for hydroxylation is 1. The maximum Gasteiger partial charge on any atom is 0.410 e. The molecule has 1 saturated heterocycles. The van der Waals surface area contributed by atoms with Crippen LogP contribution in [-0.4, -0.2) is 54.1 Å². The highest BCUT2D eigenvalue weighted by Crippen LogP contribution is 2.15. The Morgan fingerprint density at radius 1 is 1.10 bits per heavy atom. The van der Waals surface area contributed by atoms with E-state index in [9.17, 15) is 14.0 Å². The van der Waals surface area contributed by atoms with E-state index in [1.165, 1.54) is 17.4 Å². The summed E-state index contributed by atoms with van der Waals surface area (Å²) in [5.74, 6) is -0.635. The molecule has 1 aliphatic heterocycles. The zero-order valence-corrected chi connectivity index (χ0v) is 18.4. The van der Waals surface area contributed by atoms with Crippen LogP contribution in [0.15, 0.2) is 29.6 Å². The molecule has 31 heavy (non-hydrogen) atoms. The minimum absolute atomic E-state index is 0.0855. The third-order valence-electron chi connectivity index (χ3n) is 4.74. The molecule has 1 aliphatic rings. The predicted octanol–water partition coefficient (Wildman–Crippen LogP) is 3.36. The van der Waals surface area contributed by atoms with Crippen molar-refractivity contribution in [2.24, 2.45) is 7.05 Å². The summed E-state index contributed by atoms with van der Waals surface area (Å²) in [6.07, 6.45) is 10.5. The number of carbonyl (C=O) groups excluding carboxylic acids is 1. The number of hydrogen-bond donors (Lipinski definition) is 1. The normalized spacial score (nSPS) is 14.7. The van der Waals surface area contributed by atoms with Crippen LogP contribution in [0, 0.1) is 5.82 Å². The van der Waals surface area contributed by atoms with Crippen LogP contribution in [0.3, 0.4) is 0 Å². The number of ether oxygens (including phenoxy) is 1. The molecule has 0 saturated carbocycles. The number of carbonyl (C=O) groups is 1. The summed E-state index contributed by atoms with van der Waals surface area (Å²) in [5.41, 5.74) is 0.309. The average Bonchev–Trinajstić information content (AvgIpc) is 3.17. The highest BCUT2D eigenvalue weighted by Gasteiger charge is 2.22. The molecule has 4 heterocycles. The fourth-order valence-electron chi connectivity index (χ4n) is 3.27. The van der Waals surface area contributed by atoms with Gasteiger partial charge >= 0.3 is 6.09 Å². The van der Waals surface area contributed by atoms with Gasteiger partial charge in [-0.3, -0.25) is 9.48 Å². The standard InChI is InChI=1S/C11H21NO2.C10H8FN5O/c1-11(2,3)14-10(13)12-8-6-4-5-7-9-12;1-15-4-6(2-12-15)8-5-16-9(10(17)14-8)7(11)3-13-16/h4-9H2,1-3H3;2-5H,1H3,(H,14,17). The summed E-state index contributed by atoms with van der Waals surface area (Å²) in [7, 11) is 1.77. The van der Waals surface area contributed by atoms with E-state index < -0.39 is 11.4 Å². The third kappa shape index (κ3) is 5.93. The first kappa shape index (κ1) is 22.5. The van der Waals surface area contributed by atoms with Crippen LogP contribution in [0.1, 0.15) is 46.5 Å². The second-order valence-electron chi connectivity index (χ2n) is 8.57. The minimum Gasteiger partial charge on any atom is -0.444 e. The summed E-state index contributed by atoms with van der Waals surface area (Å²) < 4.78 is 21.4. The lowest BCUT2D eigenvalue weighted by Gasteiger charge is -2.26. The molecule has 4 rings (SSSR count). The summed E-state index contributed by atoms with van der Waals surface area (Å²) in [5, 5.41) is 7.77. The number of amides is 1. The molecular formula is C21H29FN6O3. The molecule has 1 N–H and O–H groups in total. The van der Waals surface area contributed by atoms with E-state index in [1.54, 1.807) is 30.3 Å². The monoisotopic (exact) mass is 432 g/mol. The number of likely N-dealkylation sites (tertiary alicyclic amines) is 1. The van der Waals surface area contributed by atoms with Gasteiger partial charge in [0.15, 0.2) is 11.3 Å². The van der Waals surface area contributed by atoms with Crippen molar-refractivity contribution in [3.63, 3.8) is 0 Å². The molecule has 3 aromatic rings. The molecule has 9 nitrogen and oxygen atoms in total. The van der Waals surface area contributed by atoms with Crippen molar-refractivity contribution in [2.45, 2.75) is 52.1 Å². The van der Waals surface area contributed by atoms with Gasteiger partial charge in [-0.25, -0.2) is 13.7 Å². The zero-order valence-electron chi connectivity index (χ0n) is 18.4. The molecule has 10 heteroatoms. The quantitative estimate of drug-likeness (QED) is 0.636. The Morgan fingerprint density at radius 3 is 2.35 bits per heavy atom. The van der Waals surface area contributed by atoms with Gasteiger partial charge in [0.2, 0.25) is 0 Å². The van der Waals surface area contributed by atoms with Crippen LogP contribution >= 0.6 is 0 Å². The van der Waals surface area contributed by atoms with Gasteiger partial charge in [-0.2, -0.15) is 10.2 Å². The Balaban J connectivity index is 0.000000180. The lowest BCUT2D eigenvalue weighted by atomic mass is 10.2. The molecule has 168 valence electrons. The van der Waals surface area contributed by atoms with Crippen LogP contribution in [0.2, 0.25) is 0 Å². The molecule has 0 unspecified atom stereocenters. The predicted molar refractivity (Wildman–Crippen MR) is 114 cm³/mol. The van der Waals surface area contributed by atoms with E-state index >= 15 is 0 Å². The second kappa shape index (κ2) is 9.32. The van der Waals surface area contributed by atoms with Crippen molar-refractivity contribution in [3.8, 4) is 11.3 Å². The summed E-state index contributed by atoms with van der Waals surface area (Å²) >= 11 is 0. The van der Waals surface area contributed by atoms with Gasteiger partial charge in [-0.15, -0.1) is 0 Å². The minimum atomic E-state index is -0.635. The fraction of sp³-hybridized carbons (Fsp3) is 0.524. The van der Waals surface area contributed by atoms with Gasteiger partial charge in [0.25, 0.3) is 5.56 Å². The first-order chi connectivity index (χ1) is 14.6. The van der Waals surface area contributed by atoms with E-state index in [4.69, 9.17) is 4.74 Å². The van der Waals surface area contributed by atoms with Crippen LogP contribution in [0.5, 0.6) is 0 Å². The lowest BCUT2D eigenvalue weighted by Crippen LogP contribution is -2.37. The fourth-order valence-corrected chi connectivity index (χ4v) is 3.27. The van der Waals surface area contributed by atoms with Gasteiger partial charge in [0.1, 0.15) is 5.60 Å². The van der Waals surface area contributed by atoms with E-state index in [0.29, 0.717) is 5.69 Å². The highest BCUT2D eigenvalue weighted by molar-refractivity contribution is 5.68. The largest absolute Gasteiger partial charge is 0.444 e. The highest BCUT2D eigenvalue weighted by atomic mass is 19.1. The van der Waals surface area contributed by atoms with Crippen molar-refractivity contribution in [1.82, 2.24) is 29.3 Å². The van der Waals surface area contributed by atoms with Gasteiger partial charge in [0, 0.05) is 31.9 Å². The maximum absolute atomic E-state index is 13.2. The Kier molecular flexibility index (Phi) is 6.77. The van der Waals surface area contributed by atoms with Gasteiger partial charge < -0.3 is 14.6 Å². The average molecular weight is 433 g/mol. The van der Waals surface area contributed by atoms with Crippen molar-refractivity contribution < 1.29 is 13.9 Å². The molecule has 1 fully saturated rings. The van der Waals surface area contributed by atoms with E-state index in [2.05, 4.69) is 15.2 Å². The molecule has 0 aromatic carbocycles. The maximum atomic E-state index is 13.2. The summed E-state index contributed by atoms with van der Waals surface area (Å²) in [6.45, 7) is 7.43. The number of nitrogens with one attached hydrogen (secondary N) is 1. The SMILES string of the molecule is CC(C)(C)OC(=O)N1CCCCCC1.Cn1cc(-c2cn3ncc(F)c3c(=O)[nH]2)cn1. The molecule has 1 amide bonds. The first-order valence-corrected chi connectivity index (χ1v) is 10.4. The molecule has 3 aromatic heterocycles. The Labute approximate surface area is 179 Å². The van der Waals surface area contributed by atoms with Crippen LogP contribution in [0.4, 0.5) is 9.18 Å². The Morgan fingerprint density at radius 2 is 1.77 bits per heavy atom. The van der Waals surface area contributed by atoms with Gasteiger partial charge in [-0.05, 0) is 33.6 Å². The molecule has 0 bridgehead atoms. The number of aromatic nitrogens is 5. The molecule has 0 radical (unpaired) electrons. The first-order valence-electron chi connectivity index (χ1n) is 10.4. The zero-order chi connectivity index (χ0) is 22.6. The third-order valence-corrected chi connectivity index (χ3v) is 4.74. The number of nitrogens with zero attached hydrogens (tertiary/aromatic N) is 5. The van der Waals surface area contributed by atoms with Crippen molar-refractivity contribution in [3.05, 3.63) is 41.0 Å². The number of fused-ring (bicyclic) bond motifs is 1. The van der Waals surface area contributed by atoms with Crippen LogP contribution in [0.25, 0.3) is 16.8 Å². The van der Waals surface area contributed by atoms with Crippen molar-refractivity contribution in [1.29, 1.82) is 0 Å². The van der Waals surface area contributed by atoms with Crippen LogP contribution in [-0.2, 0) is 11.8 Å². The van der Waals surface area contributed by atoms with Crippen LogP contribution < -0.4 is 5.56 Å². The van der Waals surface area contributed by atoms with E-state index in [1.807, 2.05) is 25.7 Å². The number of halogens is 1. The lowest BCUT2D eigenvalue weighted by molar-refractivity contribution is 0.0257. The molecule has 0 spiro atoms. The van der Waals surface area contributed by atoms with Crippen molar-refractivity contribution >= 4 is 11.6 Å².